The van der Waals surface area contributed by atoms with Crippen molar-refractivity contribution in [2.24, 2.45) is 0 Å². The molecule has 2 aromatic heterocycles. The fourth-order valence-corrected chi connectivity index (χ4v) is 5.19. The van der Waals surface area contributed by atoms with Crippen molar-refractivity contribution in [3.63, 3.8) is 0 Å². The Bertz CT molecular complexity index is 1480. The lowest BCUT2D eigenvalue weighted by Crippen LogP contribution is -2.14. The van der Waals surface area contributed by atoms with E-state index in [0.29, 0.717) is 5.92 Å². The Labute approximate surface area is 161 Å². The third-order valence-electron chi connectivity index (χ3n) is 6.38. The molecule has 2 nitrogen and oxygen atoms in total. The normalized spacial score (nSPS) is 19.9. The molecule has 5 aromatic rings. The monoisotopic (exact) mass is 359 g/mol. The predicted octanol–water partition coefficient (Wildman–Crippen LogP) is 7.04. The van der Waals surface area contributed by atoms with Gasteiger partial charge in [0.2, 0.25) is 0 Å². The van der Waals surface area contributed by atoms with Gasteiger partial charge in [0, 0.05) is 33.6 Å². The topological polar surface area (TPSA) is 28.9 Å². The van der Waals surface area contributed by atoms with E-state index in [-0.39, 0.29) is 5.92 Å². The van der Waals surface area contributed by atoms with Crippen LogP contribution in [0.2, 0.25) is 0 Å². The van der Waals surface area contributed by atoms with E-state index in [2.05, 4.69) is 83.9 Å². The molecule has 2 atom stereocenters. The fraction of sp³-hybridized carbons (Fsp3) is 0.0769. The summed E-state index contributed by atoms with van der Waals surface area (Å²) in [6.45, 7) is 0. The van der Waals surface area contributed by atoms with Crippen LogP contribution in [-0.4, -0.2) is 4.98 Å². The fourth-order valence-electron chi connectivity index (χ4n) is 5.19. The molecule has 0 radical (unpaired) electrons. The Balaban J connectivity index is 1.69. The zero-order chi connectivity index (χ0) is 18.2. The molecule has 0 fully saturated rings. The van der Waals surface area contributed by atoms with E-state index >= 15 is 0 Å². The first-order valence-corrected chi connectivity index (χ1v) is 9.80. The summed E-state index contributed by atoms with van der Waals surface area (Å²) < 4.78 is 6.40. The third-order valence-corrected chi connectivity index (χ3v) is 6.38. The number of aromatic nitrogens is 1. The van der Waals surface area contributed by atoms with Crippen LogP contribution in [0.4, 0.5) is 0 Å². The Morgan fingerprint density at radius 2 is 1.50 bits per heavy atom. The van der Waals surface area contributed by atoms with Gasteiger partial charge in [0.25, 0.3) is 0 Å². The first-order valence-electron chi connectivity index (χ1n) is 9.80. The Morgan fingerprint density at radius 1 is 0.714 bits per heavy atom. The van der Waals surface area contributed by atoms with E-state index in [1.165, 1.54) is 43.9 Å². The average Bonchev–Trinajstić information content (AvgIpc) is 3.33. The summed E-state index contributed by atoms with van der Waals surface area (Å²) >= 11 is 0. The van der Waals surface area contributed by atoms with Crippen LogP contribution >= 0.6 is 0 Å². The second-order valence-electron chi connectivity index (χ2n) is 7.78. The van der Waals surface area contributed by atoms with Gasteiger partial charge in [-0.15, -0.1) is 0 Å². The zero-order valence-electron chi connectivity index (χ0n) is 15.1. The van der Waals surface area contributed by atoms with Gasteiger partial charge in [-0.25, -0.2) is 0 Å². The molecule has 2 aliphatic carbocycles. The number of allylic oxidation sites excluding steroid dienone is 4. The first kappa shape index (κ1) is 14.5. The molecule has 28 heavy (non-hydrogen) atoms. The molecule has 0 amide bonds. The number of rotatable bonds is 0. The zero-order valence-corrected chi connectivity index (χ0v) is 15.1. The Hall–Kier alpha value is -3.52. The molecule has 3 aromatic carbocycles. The number of para-hydroxylation sites is 1. The van der Waals surface area contributed by atoms with Crippen molar-refractivity contribution in [2.75, 3.05) is 0 Å². The molecular formula is C26H17NO. The maximum Gasteiger partial charge on any atom is 0.135 e. The van der Waals surface area contributed by atoms with E-state index in [4.69, 9.17) is 4.42 Å². The minimum Gasteiger partial charge on any atom is -0.460 e. The Kier molecular flexibility index (Phi) is 2.62. The summed E-state index contributed by atoms with van der Waals surface area (Å²) in [5.41, 5.74) is 6.03. The molecule has 7 rings (SSSR count). The summed E-state index contributed by atoms with van der Waals surface area (Å²) in [5, 5.41) is 5.05. The SMILES string of the molecule is C1=CC2c3oc4ccccc4c3-c3[nH]c4c(ccc5ccccc54)c3C2C=C1. The van der Waals surface area contributed by atoms with Gasteiger partial charge < -0.3 is 9.40 Å². The number of hydrogen-bond acceptors (Lipinski definition) is 1. The van der Waals surface area contributed by atoms with Crippen LogP contribution in [-0.2, 0) is 0 Å². The van der Waals surface area contributed by atoms with Gasteiger partial charge in [0.1, 0.15) is 11.3 Å². The number of furan rings is 1. The number of benzene rings is 3. The Morgan fingerprint density at radius 3 is 2.43 bits per heavy atom. The smallest absolute Gasteiger partial charge is 0.135 e. The maximum atomic E-state index is 6.40. The highest BCUT2D eigenvalue weighted by Gasteiger charge is 2.38. The van der Waals surface area contributed by atoms with Crippen molar-refractivity contribution in [1.29, 1.82) is 0 Å². The van der Waals surface area contributed by atoms with Crippen LogP contribution < -0.4 is 0 Å². The molecule has 2 heterocycles. The highest BCUT2D eigenvalue weighted by Crippen LogP contribution is 2.54. The maximum absolute atomic E-state index is 6.40. The number of H-pyrrole nitrogens is 1. The average molecular weight is 359 g/mol. The lowest BCUT2D eigenvalue weighted by Gasteiger charge is -2.28. The largest absolute Gasteiger partial charge is 0.460 e. The summed E-state index contributed by atoms with van der Waals surface area (Å²) in [7, 11) is 0. The van der Waals surface area contributed by atoms with E-state index < -0.39 is 0 Å². The quantitative estimate of drug-likeness (QED) is 0.315. The van der Waals surface area contributed by atoms with E-state index in [0.717, 1.165) is 11.3 Å². The van der Waals surface area contributed by atoms with Gasteiger partial charge in [-0.3, -0.25) is 0 Å². The van der Waals surface area contributed by atoms with Crippen molar-refractivity contribution in [3.05, 3.63) is 96.3 Å². The highest BCUT2D eigenvalue weighted by atomic mass is 16.3. The van der Waals surface area contributed by atoms with Crippen LogP contribution in [0.25, 0.3) is 43.9 Å². The van der Waals surface area contributed by atoms with Crippen LogP contribution in [0.15, 0.2) is 89.4 Å². The summed E-state index contributed by atoms with van der Waals surface area (Å²) in [6.07, 6.45) is 8.92. The van der Waals surface area contributed by atoms with Crippen molar-refractivity contribution in [3.8, 4) is 11.3 Å². The minimum absolute atomic E-state index is 0.241. The van der Waals surface area contributed by atoms with Gasteiger partial charge in [0.05, 0.1) is 11.2 Å². The molecule has 2 unspecified atom stereocenters. The van der Waals surface area contributed by atoms with Gasteiger partial charge >= 0.3 is 0 Å². The van der Waals surface area contributed by atoms with Crippen molar-refractivity contribution >= 4 is 32.6 Å². The molecule has 2 heteroatoms. The molecule has 1 N–H and O–H groups in total. The summed E-state index contributed by atoms with van der Waals surface area (Å²) in [5.74, 6) is 1.61. The van der Waals surface area contributed by atoms with Crippen molar-refractivity contribution < 1.29 is 4.42 Å². The van der Waals surface area contributed by atoms with Crippen LogP contribution in [0, 0.1) is 0 Å². The molecular weight excluding hydrogens is 342 g/mol. The van der Waals surface area contributed by atoms with Gasteiger partial charge in [-0.05, 0) is 17.0 Å². The molecule has 0 saturated carbocycles. The van der Waals surface area contributed by atoms with Gasteiger partial charge in [-0.2, -0.15) is 0 Å². The summed E-state index contributed by atoms with van der Waals surface area (Å²) in [6, 6.07) is 21.5. The third kappa shape index (κ3) is 1.68. The number of hydrogen-bond donors (Lipinski definition) is 1. The van der Waals surface area contributed by atoms with Gasteiger partial charge in [0.15, 0.2) is 0 Å². The molecule has 132 valence electrons. The number of fused-ring (bicyclic) bond motifs is 12. The molecule has 2 aliphatic rings. The first-order chi connectivity index (χ1) is 13.9. The predicted molar refractivity (Wildman–Crippen MR) is 115 cm³/mol. The molecule has 0 bridgehead atoms. The van der Waals surface area contributed by atoms with E-state index in [1.807, 2.05) is 6.07 Å². The second kappa shape index (κ2) is 5.05. The van der Waals surface area contributed by atoms with Gasteiger partial charge in [-0.1, -0.05) is 78.9 Å². The van der Waals surface area contributed by atoms with Crippen LogP contribution in [0.5, 0.6) is 0 Å². The standard InChI is InChI=1S/C26H17NO/c1-2-8-16-15(7-1)13-14-20-22-17-9-3-4-10-18(17)26-23(25(22)27-24(16)20)19-11-5-6-12-21(19)28-26/h1-14,17-18,27H. The second-order valence-corrected chi connectivity index (χ2v) is 7.78. The minimum atomic E-state index is 0.241. The molecule has 0 saturated heterocycles. The van der Waals surface area contributed by atoms with E-state index in [9.17, 15) is 0 Å². The van der Waals surface area contributed by atoms with Crippen molar-refractivity contribution in [1.82, 2.24) is 4.98 Å². The van der Waals surface area contributed by atoms with Crippen LogP contribution in [0.1, 0.15) is 23.2 Å². The molecule has 0 aliphatic heterocycles. The molecule has 0 spiro atoms. The number of aromatic amines is 1. The van der Waals surface area contributed by atoms with E-state index in [1.54, 1.807) is 0 Å². The lowest BCUT2D eigenvalue weighted by molar-refractivity contribution is 0.503. The highest BCUT2D eigenvalue weighted by molar-refractivity contribution is 6.11. The number of nitrogens with one attached hydrogen (secondary N) is 1. The van der Waals surface area contributed by atoms with Crippen LogP contribution in [0.3, 0.4) is 0 Å². The summed E-state index contributed by atoms with van der Waals surface area (Å²) in [4.78, 5) is 3.81. The lowest BCUT2D eigenvalue weighted by atomic mass is 9.74. The van der Waals surface area contributed by atoms with Crippen molar-refractivity contribution in [2.45, 2.75) is 11.8 Å².